The highest BCUT2D eigenvalue weighted by Crippen LogP contribution is 2.24. The Morgan fingerprint density at radius 3 is 2.76 bits per heavy atom. The summed E-state index contributed by atoms with van der Waals surface area (Å²) in [6.07, 6.45) is 1.87. The molecule has 0 unspecified atom stereocenters. The number of nitrogens with two attached hydrogens (primary N) is 1. The van der Waals surface area contributed by atoms with E-state index in [1.807, 2.05) is 0 Å². The van der Waals surface area contributed by atoms with Gasteiger partial charge in [-0.25, -0.2) is 4.79 Å². The van der Waals surface area contributed by atoms with Crippen molar-refractivity contribution < 1.29 is 14.6 Å². The fraction of sp³-hybridized carbons (Fsp3) is 0.417. The van der Waals surface area contributed by atoms with E-state index in [1.165, 1.54) is 6.07 Å². The third kappa shape index (κ3) is 2.88. The predicted octanol–water partition coefficient (Wildman–Crippen LogP) is 1.10. The highest BCUT2D eigenvalue weighted by atomic mass is 16.5. The van der Waals surface area contributed by atoms with Gasteiger partial charge in [-0.05, 0) is 44.1 Å². The zero-order chi connectivity index (χ0) is 12.3. The quantitative estimate of drug-likeness (QED) is 0.684. The lowest BCUT2D eigenvalue weighted by Gasteiger charge is -2.24. The number of hydrogen-bond acceptors (Lipinski definition) is 4. The normalized spacial score (nSPS) is 16.7. The van der Waals surface area contributed by atoms with Crippen LogP contribution in [0.1, 0.15) is 23.2 Å². The van der Waals surface area contributed by atoms with E-state index in [2.05, 4.69) is 5.32 Å². The molecule has 1 saturated heterocycles. The van der Waals surface area contributed by atoms with Gasteiger partial charge in [0.25, 0.3) is 0 Å². The molecule has 17 heavy (non-hydrogen) atoms. The minimum Gasteiger partial charge on any atom is -0.489 e. The molecule has 4 N–H and O–H groups in total. The fourth-order valence-electron chi connectivity index (χ4n) is 1.91. The Kier molecular flexibility index (Phi) is 3.49. The van der Waals surface area contributed by atoms with Crippen LogP contribution in [0.4, 0.5) is 5.69 Å². The van der Waals surface area contributed by atoms with E-state index in [-0.39, 0.29) is 11.7 Å². The Hall–Kier alpha value is -1.75. The summed E-state index contributed by atoms with van der Waals surface area (Å²) in [6, 6.07) is 4.71. The van der Waals surface area contributed by atoms with Crippen LogP contribution in [0.2, 0.25) is 0 Å². The zero-order valence-corrected chi connectivity index (χ0v) is 9.48. The maximum Gasteiger partial charge on any atom is 0.339 e. The Morgan fingerprint density at radius 2 is 2.12 bits per heavy atom. The van der Waals surface area contributed by atoms with Crippen LogP contribution in [0.25, 0.3) is 0 Å². The second-order valence-corrected chi connectivity index (χ2v) is 4.13. The average Bonchev–Trinajstić information content (AvgIpc) is 2.32. The van der Waals surface area contributed by atoms with Gasteiger partial charge in [-0.3, -0.25) is 0 Å². The van der Waals surface area contributed by atoms with Crippen molar-refractivity contribution in [3.8, 4) is 5.75 Å². The van der Waals surface area contributed by atoms with Crippen LogP contribution in [0.3, 0.4) is 0 Å². The van der Waals surface area contributed by atoms with Crippen molar-refractivity contribution in [2.45, 2.75) is 18.9 Å². The molecule has 0 radical (unpaired) electrons. The fourth-order valence-corrected chi connectivity index (χ4v) is 1.91. The minimum atomic E-state index is -1.01. The Bertz CT molecular complexity index is 414. The van der Waals surface area contributed by atoms with Crippen LogP contribution >= 0.6 is 0 Å². The highest BCUT2D eigenvalue weighted by molar-refractivity contribution is 5.92. The average molecular weight is 236 g/mol. The molecule has 1 aliphatic heterocycles. The number of aromatic carboxylic acids is 1. The molecule has 1 aromatic carbocycles. The van der Waals surface area contributed by atoms with Crippen molar-refractivity contribution in [1.29, 1.82) is 0 Å². The molecule has 1 heterocycles. The molecular formula is C12H16N2O3. The number of carbonyl (C=O) groups is 1. The number of anilines is 1. The molecule has 0 amide bonds. The number of hydrogen-bond donors (Lipinski definition) is 3. The summed E-state index contributed by atoms with van der Waals surface area (Å²) < 4.78 is 5.73. The van der Waals surface area contributed by atoms with Gasteiger partial charge in [-0.15, -0.1) is 0 Å². The lowest BCUT2D eigenvalue weighted by molar-refractivity contribution is 0.0687. The third-order valence-corrected chi connectivity index (χ3v) is 2.81. The zero-order valence-electron chi connectivity index (χ0n) is 9.48. The maximum atomic E-state index is 11.1. The van der Waals surface area contributed by atoms with Crippen molar-refractivity contribution in [3.63, 3.8) is 0 Å². The number of piperidine rings is 1. The number of nitrogen functional groups attached to an aromatic ring is 1. The number of rotatable bonds is 3. The van der Waals surface area contributed by atoms with Crippen molar-refractivity contribution >= 4 is 11.7 Å². The van der Waals surface area contributed by atoms with Crippen LogP contribution < -0.4 is 15.8 Å². The number of benzene rings is 1. The maximum absolute atomic E-state index is 11.1. The van der Waals surface area contributed by atoms with Crippen molar-refractivity contribution in [1.82, 2.24) is 5.32 Å². The lowest BCUT2D eigenvalue weighted by atomic mass is 10.1. The molecule has 0 spiro atoms. The third-order valence-electron chi connectivity index (χ3n) is 2.81. The van der Waals surface area contributed by atoms with Gasteiger partial charge in [0.05, 0.1) is 0 Å². The first-order valence-electron chi connectivity index (χ1n) is 5.67. The molecule has 0 aliphatic carbocycles. The molecule has 5 nitrogen and oxygen atoms in total. The van der Waals surface area contributed by atoms with Crippen molar-refractivity contribution in [3.05, 3.63) is 23.8 Å². The van der Waals surface area contributed by atoms with E-state index in [1.54, 1.807) is 12.1 Å². The van der Waals surface area contributed by atoms with Gasteiger partial charge in [-0.2, -0.15) is 0 Å². The summed E-state index contributed by atoms with van der Waals surface area (Å²) in [5.41, 5.74) is 6.13. The number of carboxylic acid groups (broad SMARTS) is 1. The Morgan fingerprint density at radius 1 is 1.41 bits per heavy atom. The van der Waals surface area contributed by atoms with Crippen LogP contribution in [0, 0.1) is 0 Å². The smallest absolute Gasteiger partial charge is 0.339 e. The number of nitrogens with one attached hydrogen (secondary N) is 1. The number of ether oxygens (including phenoxy) is 1. The minimum absolute atomic E-state index is 0.0815. The molecular weight excluding hydrogens is 220 g/mol. The van der Waals surface area contributed by atoms with E-state index in [0.29, 0.717) is 11.4 Å². The monoisotopic (exact) mass is 236 g/mol. The van der Waals surface area contributed by atoms with Gasteiger partial charge in [0.1, 0.15) is 17.4 Å². The summed E-state index contributed by atoms with van der Waals surface area (Å²) in [5, 5.41) is 12.3. The molecule has 1 fully saturated rings. The molecule has 0 atom stereocenters. The Labute approximate surface area is 99.6 Å². The Balaban J connectivity index is 2.16. The van der Waals surface area contributed by atoms with Crippen LogP contribution in [-0.2, 0) is 0 Å². The summed E-state index contributed by atoms with van der Waals surface area (Å²) in [5.74, 6) is -0.611. The molecule has 0 bridgehead atoms. The predicted molar refractivity (Wildman–Crippen MR) is 64.3 cm³/mol. The summed E-state index contributed by atoms with van der Waals surface area (Å²) in [7, 11) is 0. The van der Waals surface area contributed by atoms with Gasteiger partial charge >= 0.3 is 5.97 Å². The first-order chi connectivity index (χ1) is 8.16. The van der Waals surface area contributed by atoms with Crippen molar-refractivity contribution in [2.75, 3.05) is 18.8 Å². The van der Waals surface area contributed by atoms with E-state index in [0.717, 1.165) is 25.9 Å². The van der Waals surface area contributed by atoms with E-state index >= 15 is 0 Å². The van der Waals surface area contributed by atoms with E-state index < -0.39 is 5.97 Å². The van der Waals surface area contributed by atoms with Crippen molar-refractivity contribution in [2.24, 2.45) is 0 Å². The standard InChI is InChI=1S/C12H16N2O3/c13-8-1-2-11(10(7-8)12(15)16)17-9-3-5-14-6-4-9/h1-2,7,9,14H,3-6,13H2,(H,15,16). The molecule has 2 rings (SSSR count). The van der Waals surface area contributed by atoms with Gasteiger partial charge in [0.15, 0.2) is 0 Å². The molecule has 5 heteroatoms. The van der Waals surface area contributed by atoms with Gasteiger partial charge in [0.2, 0.25) is 0 Å². The highest BCUT2D eigenvalue weighted by Gasteiger charge is 2.18. The summed E-state index contributed by atoms with van der Waals surface area (Å²) >= 11 is 0. The van der Waals surface area contributed by atoms with Gasteiger partial charge < -0.3 is 20.9 Å². The van der Waals surface area contributed by atoms with Crippen LogP contribution in [0.15, 0.2) is 18.2 Å². The van der Waals surface area contributed by atoms with Gasteiger partial charge in [-0.1, -0.05) is 0 Å². The van der Waals surface area contributed by atoms with Gasteiger partial charge in [0, 0.05) is 5.69 Å². The largest absolute Gasteiger partial charge is 0.489 e. The van der Waals surface area contributed by atoms with E-state index in [9.17, 15) is 4.79 Å². The molecule has 1 aromatic rings. The topological polar surface area (TPSA) is 84.6 Å². The molecule has 92 valence electrons. The molecule has 0 aromatic heterocycles. The summed E-state index contributed by atoms with van der Waals surface area (Å²) in [6.45, 7) is 1.81. The van der Waals surface area contributed by atoms with E-state index in [4.69, 9.17) is 15.6 Å². The first-order valence-corrected chi connectivity index (χ1v) is 5.67. The first kappa shape index (κ1) is 11.7. The second kappa shape index (κ2) is 5.05. The number of carboxylic acids is 1. The van der Waals surface area contributed by atoms with Crippen LogP contribution in [0.5, 0.6) is 5.75 Å². The lowest BCUT2D eigenvalue weighted by Crippen LogP contribution is -2.34. The molecule has 1 aliphatic rings. The SMILES string of the molecule is Nc1ccc(OC2CCNCC2)c(C(=O)O)c1. The van der Waals surface area contributed by atoms with Crippen LogP contribution in [-0.4, -0.2) is 30.3 Å². The summed E-state index contributed by atoms with van der Waals surface area (Å²) in [4.78, 5) is 11.1. The molecule has 0 saturated carbocycles. The second-order valence-electron chi connectivity index (χ2n) is 4.13.